The SMILES string of the molecule is COc1c(C=Cc2ccc(NS(C)(=O)=O)cc2)cc(-n2ccccc2=O)cc1C(C)(C)C. The molecule has 168 valence electrons. The number of aromatic nitrogens is 1. The Morgan fingerprint density at radius 2 is 1.69 bits per heavy atom. The van der Waals surface area contributed by atoms with Gasteiger partial charge in [-0.2, -0.15) is 0 Å². The van der Waals surface area contributed by atoms with Gasteiger partial charge in [-0.1, -0.05) is 51.1 Å². The molecule has 6 nitrogen and oxygen atoms in total. The Morgan fingerprint density at radius 1 is 1.00 bits per heavy atom. The Hall–Kier alpha value is -3.32. The third kappa shape index (κ3) is 5.68. The van der Waals surface area contributed by atoms with Crippen molar-refractivity contribution in [1.82, 2.24) is 4.57 Å². The van der Waals surface area contributed by atoms with E-state index in [2.05, 4.69) is 25.5 Å². The number of nitrogens with zero attached hydrogens (tertiary/aromatic N) is 1. The quantitative estimate of drug-likeness (QED) is 0.551. The lowest BCUT2D eigenvalue weighted by Gasteiger charge is -2.25. The number of hydrogen-bond acceptors (Lipinski definition) is 4. The number of benzene rings is 2. The number of anilines is 1. The van der Waals surface area contributed by atoms with Crippen LogP contribution >= 0.6 is 0 Å². The highest BCUT2D eigenvalue weighted by molar-refractivity contribution is 7.92. The minimum Gasteiger partial charge on any atom is -0.496 e. The standard InChI is InChI=1S/C25H28N2O4S/c1-25(2,3)22-17-21(27-15-7-6-8-23(27)28)16-19(24(22)31-4)12-9-18-10-13-20(14-11-18)26-32(5,29)30/h6-17,26H,1-5H3. The van der Waals surface area contributed by atoms with Crippen LogP contribution in [0.5, 0.6) is 5.75 Å². The van der Waals surface area contributed by atoms with Crippen LogP contribution in [0.3, 0.4) is 0 Å². The molecule has 3 rings (SSSR count). The molecule has 0 aliphatic carbocycles. The Balaban J connectivity index is 2.07. The van der Waals surface area contributed by atoms with Gasteiger partial charge in [-0.05, 0) is 41.3 Å². The fourth-order valence-electron chi connectivity index (χ4n) is 3.39. The molecule has 0 radical (unpaired) electrons. The summed E-state index contributed by atoms with van der Waals surface area (Å²) < 4.78 is 32.6. The van der Waals surface area contributed by atoms with Crippen LogP contribution in [0.4, 0.5) is 5.69 Å². The maximum absolute atomic E-state index is 12.4. The van der Waals surface area contributed by atoms with Crippen molar-refractivity contribution in [2.24, 2.45) is 0 Å². The smallest absolute Gasteiger partial charge is 0.255 e. The minimum absolute atomic E-state index is 0.110. The normalized spacial score (nSPS) is 12.2. The van der Waals surface area contributed by atoms with Crippen LogP contribution in [0.2, 0.25) is 0 Å². The maximum Gasteiger partial charge on any atom is 0.255 e. The zero-order valence-corrected chi connectivity index (χ0v) is 19.7. The van der Waals surface area contributed by atoms with Gasteiger partial charge in [0.25, 0.3) is 5.56 Å². The minimum atomic E-state index is -3.32. The largest absolute Gasteiger partial charge is 0.496 e. The van der Waals surface area contributed by atoms with E-state index in [0.717, 1.165) is 34.4 Å². The van der Waals surface area contributed by atoms with Crippen LogP contribution in [0, 0.1) is 0 Å². The number of nitrogens with one attached hydrogen (secondary N) is 1. The summed E-state index contributed by atoms with van der Waals surface area (Å²) in [5, 5.41) is 0. The number of rotatable bonds is 6. The molecule has 0 bridgehead atoms. The first kappa shape index (κ1) is 23.3. The first-order valence-electron chi connectivity index (χ1n) is 10.1. The number of ether oxygens (including phenoxy) is 1. The molecule has 2 aromatic carbocycles. The van der Waals surface area contributed by atoms with E-state index in [1.807, 2.05) is 42.5 Å². The second-order valence-electron chi connectivity index (χ2n) is 8.60. The molecule has 0 saturated heterocycles. The summed E-state index contributed by atoms with van der Waals surface area (Å²) in [5.41, 5.74) is 3.66. The van der Waals surface area contributed by atoms with Crippen molar-refractivity contribution in [3.05, 3.63) is 87.8 Å². The molecule has 0 fully saturated rings. The topological polar surface area (TPSA) is 77.4 Å². The molecular formula is C25H28N2O4S. The zero-order chi connectivity index (χ0) is 23.5. The summed E-state index contributed by atoms with van der Waals surface area (Å²) in [6.45, 7) is 6.30. The molecule has 0 saturated carbocycles. The summed E-state index contributed by atoms with van der Waals surface area (Å²) >= 11 is 0. The van der Waals surface area contributed by atoms with Gasteiger partial charge in [0, 0.05) is 34.8 Å². The molecule has 1 heterocycles. The van der Waals surface area contributed by atoms with E-state index in [9.17, 15) is 13.2 Å². The number of pyridine rings is 1. The lowest BCUT2D eigenvalue weighted by atomic mass is 9.84. The molecule has 3 aromatic rings. The highest BCUT2D eigenvalue weighted by Gasteiger charge is 2.22. The van der Waals surface area contributed by atoms with Crippen molar-refractivity contribution < 1.29 is 13.2 Å². The Morgan fingerprint density at radius 3 is 2.25 bits per heavy atom. The fraction of sp³-hybridized carbons (Fsp3) is 0.240. The zero-order valence-electron chi connectivity index (χ0n) is 18.9. The lowest BCUT2D eigenvalue weighted by molar-refractivity contribution is 0.396. The van der Waals surface area contributed by atoms with Gasteiger partial charge in [0.2, 0.25) is 10.0 Å². The summed E-state index contributed by atoms with van der Waals surface area (Å²) in [6, 6.07) is 16.0. The molecule has 0 atom stereocenters. The van der Waals surface area contributed by atoms with Crippen LogP contribution in [0.1, 0.15) is 37.5 Å². The lowest BCUT2D eigenvalue weighted by Crippen LogP contribution is -2.19. The first-order valence-corrected chi connectivity index (χ1v) is 12.0. The van der Waals surface area contributed by atoms with Crippen molar-refractivity contribution in [1.29, 1.82) is 0 Å². The van der Waals surface area contributed by atoms with Gasteiger partial charge in [-0.15, -0.1) is 0 Å². The average molecular weight is 453 g/mol. The predicted molar refractivity (Wildman–Crippen MR) is 131 cm³/mol. The van der Waals surface area contributed by atoms with Gasteiger partial charge < -0.3 is 4.74 Å². The summed E-state index contributed by atoms with van der Waals surface area (Å²) in [5.74, 6) is 0.747. The van der Waals surface area contributed by atoms with Gasteiger partial charge >= 0.3 is 0 Å². The van der Waals surface area contributed by atoms with Crippen LogP contribution in [-0.4, -0.2) is 26.4 Å². The predicted octanol–water partition coefficient (Wildman–Crippen LogP) is 4.69. The van der Waals surface area contributed by atoms with Gasteiger partial charge in [0.15, 0.2) is 0 Å². The van der Waals surface area contributed by atoms with Crippen molar-refractivity contribution >= 4 is 27.9 Å². The molecule has 0 aliphatic rings. The summed E-state index contributed by atoms with van der Waals surface area (Å²) in [6.07, 6.45) is 6.72. The number of methoxy groups -OCH3 is 1. The number of hydrogen-bond donors (Lipinski definition) is 1. The van der Waals surface area contributed by atoms with E-state index >= 15 is 0 Å². The molecule has 7 heteroatoms. The summed E-state index contributed by atoms with van der Waals surface area (Å²) in [7, 11) is -1.68. The molecular weight excluding hydrogens is 424 g/mol. The number of sulfonamides is 1. The Bertz CT molecular complexity index is 1300. The van der Waals surface area contributed by atoms with Gasteiger partial charge in [-0.3, -0.25) is 14.1 Å². The third-order valence-corrected chi connectivity index (χ3v) is 5.49. The Labute approximate surface area is 189 Å². The molecule has 0 spiro atoms. The van der Waals surface area contributed by atoms with Crippen molar-refractivity contribution in [3.63, 3.8) is 0 Å². The van der Waals surface area contributed by atoms with E-state index in [1.54, 1.807) is 36.1 Å². The maximum atomic E-state index is 12.4. The van der Waals surface area contributed by atoms with Gasteiger partial charge in [0.05, 0.1) is 13.4 Å². The van der Waals surface area contributed by atoms with Gasteiger partial charge in [0.1, 0.15) is 5.75 Å². The summed E-state index contributed by atoms with van der Waals surface area (Å²) in [4.78, 5) is 12.4. The highest BCUT2D eigenvalue weighted by atomic mass is 32.2. The molecule has 1 aromatic heterocycles. The van der Waals surface area contributed by atoms with Crippen molar-refractivity contribution in [2.75, 3.05) is 18.1 Å². The second-order valence-corrected chi connectivity index (χ2v) is 10.4. The molecule has 0 unspecified atom stereocenters. The van der Waals surface area contributed by atoms with Crippen molar-refractivity contribution in [3.8, 4) is 11.4 Å². The Kier molecular flexibility index (Phi) is 6.60. The van der Waals surface area contributed by atoms with Crippen LogP contribution in [0.15, 0.2) is 65.6 Å². The van der Waals surface area contributed by atoms with E-state index in [1.165, 1.54) is 6.07 Å². The van der Waals surface area contributed by atoms with E-state index in [-0.39, 0.29) is 11.0 Å². The average Bonchev–Trinajstić information content (AvgIpc) is 2.71. The van der Waals surface area contributed by atoms with Crippen LogP contribution in [0.25, 0.3) is 17.8 Å². The van der Waals surface area contributed by atoms with Gasteiger partial charge in [-0.25, -0.2) is 8.42 Å². The third-order valence-electron chi connectivity index (χ3n) is 4.88. The molecule has 0 aliphatic heterocycles. The van der Waals surface area contributed by atoms with E-state index in [0.29, 0.717) is 5.69 Å². The van der Waals surface area contributed by atoms with Crippen molar-refractivity contribution in [2.45, 2.75) is 26.2 Å². The monoisotopic (exact) mass is 452 g/mol. The van der Waals surface area contributed by atoms with E-state index in [4.69, 9.17) is 4.74 Å². The van der Waals surface area contributed by atoms with Crippen LogP contribution in [-0.2, 0) is 15.4 Å². The fourth-order valence-corrected chi connectivity index (χ4v) is 3.95. The molecule has 1 N–H and O–H groups in total. The highest BCUT2D eigenvalue weighted by Crippen LogP contribution is 2.37. The second kappa shape index (κ2) is 9.04. The molecule has 32 heavy (non-hydrogen) atoms. The van der Waals surface area contributed by atoms with Crippen LogP contribution < -0.4 is 15.0 Å². The molecule has 0 amide bonds. The van der Waals surface area contributed by atoms with E-state index < -0.39 is 10.0 Å². The first-order chi connectivity index (χ1) is 15.0.